The van der Waals surface area contributed by atoms with Crippen LogP contribution in [0, 0.1) is 46.3 Å². The zero-order valence-electron chi connectivity index (χ0n) is 20.2. The highest BCUT2D eigenvalue weighted by atomic mass is 16.3. The molecule has 0 aromatic rings. The third-order valence-electron chi connectivity index (χ3n) is 11.0. The zero-order chi connectivity index (χ0) is 21.9. The normalized spacial score (nSPS) is 51.9. The van der Waals surface area contributed by atoms with Gasteiger partial charge in [-0.25, -0.2) is 0 Å². The first-order chi connectivity index (χ1) is 14.0. The van der Waals surface area contributed by atoms with Crippen LogP contribution in [0.4, 0.5) is 0 Å². The summed E-state index contributed by atoms with van der Waals surface area (Å²) >= 11 is 0. The molecule has 4 aliphatic rings. The summed E-state index contributed by atoms with van der Waals surface area (Å²) in [6, 6.07) is 0. The Kier molecular flexibility index (Phi) is 6.17. The van der Waals surface area contributed by atoms with E-state index in [1.807, 2.05) is 0 Å². The van der Waals surface area contributed by atoms with Crippen molar-refractivity contribution in [3.05, 3.63) is 0 Å². The average Bonchev–Trinajstić information content (AvgIpc) is 3.01. The molecule has 0 aromatic carbocycles. The van der Waals surface area contributed by atoms with E-state index < -0.39 is 17.8 Å². The van der Waals surface area contributed by atoms with Crippen LogP contribution in [0.1, 0.15) is 105 Å². The van der Waals surface area contributed by atoms with Gasteiger partial charge in [-0.2, -0.15) is 0 Å². The van der Waals surface area contributed by atoms with Gasteiger partial charge in [0, 0.05) is 11.8 Å². The largest absolute Gasteiger partial charge is 0.393 e. The van der Waals surface area contributed by atoms with Crippen LogP contribution in [0.5, 0.6) is 0 Å². The van der Waals surface area contributed by atoms with Crippen LogP contribution in [0.2, 0.25) is 0 Å². The van der Waals surface area contributed by atoms with Crippen molar-refractivity contribution >= 4 is 0 Å². The molecule has 30 heavy (non-hydrogen) atoms. The van der Waals surface area contributed by atoms with Crippen molar-refractivity contribution < 1.29 is 15.3 Å². The van der Waals surface area contributed by atoms with Crippen LogP contribution in [0.3, 0.4) is 0 Å². The summed E-state index contributed by atoms with van der Waals surface area (Å²) < 4.78 is 0. The molecule has 174 valence electrons. The fraction of sp³-hybridized carbons (Fsp3) is 1.00. The van der Waals surface area contributed by atoms with E-state index >= 15 is 0 Å². The van der Waals surface area contributed by atoms with Crippen LogP contribution in [-0.2, 0) is 0 Å². The van der Waals surface area contributed by atoms with Gasteiger partial charge in [0.25, 0.3) is 0 Å². The van der Waals surface area contributed by atoms with E-state index in [1.54, 1.807) is 0 Å². The summed E-state index contributed by atoms with van der Waals surface area (Å²) in [4.78, 5) is 0. The Morgan fingerprint density at radius 1 is 0.900 bits per heavy atom. The fourth-order valence-electron chi connectivity index (χ4n) is 9.29. The van der Waals surface area contributed by atoms with Crippen molar-refractivity contribution in [2.75, 3.05) is 0 Å². The topological polar surface area (TPSA) is 60.7 Å². The van der Waals surface area contributed by atoms with Gasteiger partial charge in [0.2, 0.25) is 0 Å². The molecule has 0 saturated heterocycles. The van der Waals surface area contributed by atoms with Gasteiger partial charge in [0.05, 0.1) is 17.8 Å². The molecule has 0 radical (unpaired) electrons. The van der Waals surface area contributed by atoms with Gasteiger partial charge in [-0.05, 0) is 85.9 Å². The highest BCUT2D eigenvalue weighted by molar-refractivity contribution is 5.17. The molecule has 0 aliphatic heterocycles. The number of fused-ring (bicyclic) bond motifs is 5. The van der Waals surface area contributed by atoms with E-state index in [0.717, 1.165) is 37.0 Å². The molecule has 4 rings (SSSR count). The summed E-state index contributed by atoms with van der Waals surface area (Å²) in [5.74, 6) is 4.13. The van der Waals surface area contributed by atoms with Gasteiger partial charge in [-0.15, -0.1) is 0 Å². The molecule has 3 heteroatoms. The first-order valence-electron chi connectivity index (χ1n) is 13.1. The van der Waals surface area contributed by atoms with E-state index in [-0.39, 0.29) is 5.41 Å². The van der Waals surface area contributed by atoms with Crippen LogP contribution in [0.15, 0.2) is 0 Å². The van der Waals surface area contributed by atoms with Crippen molar-refractivity contribution in [2.24, 2.45) is 46.3 Å². The first-order valence-corrected chi connectivity index (χ1v) is 13.1. The Morgan fingerprint density at radius 2 is 1.63 bits per heavy atom. The van der Waals surface area contributed by atoms with Gasteiger partial charge in [-0.3, -0.25) is 0 Å². The van der Waals surface area contributed by atoms with Crippen molar-refractivity contribution in [3.63, 3.8) is 0 Å². The second-order valence-corrected chi connectivity index (χ2v) is 12.9. The maximum Gasteiger partial charge on any atom is 0.0985 e. The molecule has 4 aliphatic carbocycles. The number of hydrogen-bond acceptors (Lipinski definition) is 3. The number of rotatable bonds is 5. The van der Waals surface area contributed by atoms with Gasteiger partial charge < -0.3 is 15.3 Å². The summed E-state index contributed by atoms with van der Waals surface area (Å²) in [7, 11) is 0. The minimum atomic E-state index is -1.11. The summed E-state index contributed by atoms with van der Waals surface area (Å²) in [5.41, 5.74) is -0.962. The quantitative estimate of drug-likeness (QED) is 0.546. The molecule has 4 saturated carbocycles. The lowest BCUT2D eigenvalue weighted by atomic mass is 9.42. The molecule has 10 atom stereocenters. The average molecular weight is 421 g/mol. The molecule has 0 bridgehead atoms. The lowest BCUT2D eigenvalue weighted by molar-refractivity contribution is -0.264. The molecule has 0 amide bonds. The third-order valence-corrected chi connectivity index (χ3v) is 11.0. The summed E-state index contributed by atoms with van der Waals surface area (Å²) in [6.45, 7) is 12.0. The predicted octanol–water partition coefficient (Wildman–Crippen LogP) is 5.55. The standard InChI is InChI=1S/C27H48O3/c1-17(2)7-6-8-18(3)21-9-10-22-20-15-24(29)27(30)16-19(28)11-14-26(27,5)23(20)12-13-25(21,22)4/h17-24,28-30H,6-16H2,1-5H3/t18-,19-,20-,21+,22+,23+,24+,25+,26+,27-/m0/s1. The van der Waals surface area contributed by atoms with E-state index in [1.165, 1.54) is 44.9 Å². The Labute approximate surface area is 185 Å². The first kappa shape index (κ1) is 23.1. The van der Waals surface area contributed by atoms with Gasteiger partial charge in [-0.1, -0.05) is 53.9 Å². The summed E-state index contributed by atoms with van der Waals surface area (Å²) in [5, 5.41) is 33.0. The SMILES string of the molecule is CC(C)CCC[C@H](C)[C@H]1CC[C@@H]2[C@@H]3C[C@@H](O)[C@@]4(O)C[C@@H](O)CC[C@]4(C)[C@@H]3CC[C@@]21C. The van der Waals surface area contributed by atoms with Crippen molar-refractivity contribution in [1.82, 2.24) is 0 Å². The third kappa shape index (κ3) is 3.41. The monoisotopic (exact) mass is 420 g/mol. The van der Waals surface area contributed by atoms with Crippen molar-refractivity contribution in [2.45, 2.75) is 123 Å². The molecule has 4 fully saturated rings. The predicted molar refractivity (Wildman–Crippen MR) is 122 cm³/mol. The molecule has 0 spiro atoms. The second-order valence-electron chi connectivity index (χ2n) is 12.9. The van der Waals surface area contributed by atoms with Crippen LogP contribution >= 0.6 is 0 Å². The molecular weight excluding hydrogens is 372 g/mol. The minimum absolute atomic E-state index is 0.253. The molecule has 0 heterocycles. The number of aliphatic hydroxyl groups excluding tert-OH is 2. The molecule has 0 aromatic heterocycles. The van der Waals surface area contributed by atoms with Crippen molar-refractivity contribution in [1.29, 1.82) is 0 Å². The number of hydrogen-bond donors (Lipinski definition) is 3. The Balaban J connectivity index is 1.53. The molecule has 3 N–H and O–H groups in total. The maximum absolute atomic E-state index is 11.6. The Bertz CT molecular complexity index is 619. The smallest absolute Gasteiger partial charge is 0.0985 e. The van der Waals surface area contributed by atoms with Crippen LogP contribution < -0.4 is 0 Å². The van der Waals surface area contributed by atoms with Crippen LogP contribution in [-0.4, -0.2) is 33.1 Å². The Hall–Kier alpha value is -0.120. The van der Waals surface area contributed by atoms with Gasteiger partial charge in [0.1, 0.15) is 0 Å². The van der Waals surface area contributed by atoms with Gasteiger partial charge in [0.15, 0.2) is 0 Å². The van der Waals surface area contributed by atoms with E-state index in [2.05, 4.69) is 34.6 Å². The minimum Gasteiger partial charge on any atom is -0.393 e. The molecular formula is C27H48O3. The lowest BCUT2D eigenvalue weighted by Gasteiger charge is -2.65. The van der Waals surface area contributed by atoms with E-state index in [0.29, 0.717) is 29.6 Å². The van der Waals surface area contributed by atoms with Crippen LogP contribution in [0.25, 0.3) is 0 Å². The summed E-state index contributed by atoms with van der Waals surface area (Å²) in [6.07, 6.45) is 10.7. The molecule has 0 unspecified atom stereocenters. The maximum atomic E-state index is 11.6. The lowest BCUT2D eigenvalue weighted by Crippen LogP contribution is -2.68. The van der Waals surface area contributed by atoms with Crippen molar-refractivity contribution in [3.8, 4) is 0 Å². The highest BCUT2D eigenvalue weighted by Crippen LogP contribution is 2.69. The van der Waals surface area contributed by atoms with Gasteiger partial charge >= 0.3 is 0 Å². The fourth-order valence-corrected chi connectivity index (χ4v) is 9.29. The van der Waals surface area contributed by atoms with E-state index in [4.69, 9.17) is 0 Å². The molecule has 3 nitrogen and oxygen atoms in total. The number of aliphatic hydroxyl groups is 3. The second kappa shape index (κ2) is 8.03. The van der Waals surface area contributed by atoms with E-state index in [9.17, 15) is 15.3 Å². The highest BCUT2D eigenvalue weighted by Gasteiger charge is 2.67. The zero-order valence-corrected chi connectivity index (χ0v) is 20.2. The Morgan fingerprint density at radius 3 is 2.33 bits per heavy atom.